The van der Waals surface area contributed by atoms with Crippen LogP contribution in [0.5, 0.6) is 0 Å². The molecule has 1 saturated heterocycles. The van der Waals surface area contributed by atoms with Gasteiger partial charge in [0.05, 0.1) is 16.2 Å². The molecule has 0 spiro atoms. The highest BCUT2D eigenvalue weighted by Crippen LogP contribution is 2.35. The molecule has 20 heavy (non-hydrogen) atoms. The molecule has 0 saturated carbocycles. The number of hydrogen-bond donors (Lipinski definition) is 1. The topological polar surface area (TPSA) is 63.4 Å². The number of sulfonamides is 1. The van der Waals surface area contributed by atoms with Crippen molar-refractivity contribution in [2.75, 3.05) is 6.54 Å². The molecule has 1 aromatic carbocycles. The van der Waals surface area contributed by atoms with E-state index in [-0.39, 0.29) is 14.9 Å². The van der Waals surface area contributed by atoms with E-state index in [1.165, 1.54) is 16.4 Å². The smallest absolute Gasteiger partial charge is 0.247 e. The molecule has 1 aliphatic heterocycles. The van der Waals surface area contributed by atoms with E-state index in [9.17, 15) is 8.42 Å². The summed E-state index contributed by atoms with van der Waals surface area (Å²) < 4.78 is 27.5. The number of halogens is 3. The number of nitrogens with zero attached hydrogens (tertiary/aromatic N) is 1. The molecule has 2 N–H and O–H groups in total. The zero-order valence-electron chi connectivity index (χ0n) is 10.7. The predicted molar refractivity (Wildman–Crippen MR) is 84.5 cm³/mol. The third kappa shape index (κ3) is 3.31. The second-order valence-corrected chi connectivity index (χ2v) is 8.29. The van der Waals surface area contributed by atoms with Crippen molar-refractivity contribution in [3.63, 3.8) is 0 Å². The summed E-state index contributed by atoms with van der Waals surface area (Å²) in [5.74, 6) is 0. The second-order valence-electron chi connectivity index (χ2n) is 4.73. The SMILES string of the molecule is NC1CCCCCN1S(=O)(=O)c1c(Cl)cc(Br)cc1Cl. The molecule has 4 nitrogen and oxygen atoms in total. The van der Waals surface area contributed by atoms with Gasteiger partial charge in [0.25, 0.3) is 0 Å². The summed E-state index contributed by atoms with van der Waals surface area (Å²) in [6, 6.07) is 3.04. The van der Waals surface area contributed by atoms with Crippen molar-refractivity contribution in [2.45, 2.75) is 36.7 Å². The van der Waals surface area contributed by atoms with Gasteiger partial charge in [-0.1, -0.05) is 52.0 Å². The summed E-state index contributed by atoms with van der Waals surface area (Å²) in [5.41, 5.74) is 5.98. The molecule has 8 heteroatoms. The molecular weight excluding hydrogens is 387 g/mol. The Morgan fingerprint density at radius 1 is 1.20 bits per heavy atom. The lowest BCUT2D eigenvalue weighted by Crippen LogP contribution is -2.45. The Morgan fingerprint density at radius 2 is 1.80 bits per heavy atom. The summed E-state index contributed by atoms with van der Waals surface area (Å²) in [7, 11) is -3.79. The molecule has 0 amide bonds. The van der Waals surface area contributed by atoms with E-state index in [1.54, 1.807) is 0 Å². The first-order valence-corrected chi connectivity index (χ1v) is 9.25. The van der Waals surface area contributed by atoms with Crippen LogP contribution in [0.1, 0.15) is 25.7 Å². The Labute approximate surface area is 137 Å². The first-order chi connectivity index (χ1) is 9.34. The average molecular weight is 402 g/mol. The predicted octanol–water partition coefficient (Wildman–Crippen LogP) is 3.61. The number of nitrogens with two attached hydrogens (primary N) is 1. The van der Waals surface area contributed by atoms with Crippen molar-refractivity contribution in [2.24, 2.45) is 5.73 Å². The van der Waals surface area contributed by atoms with Gasteiger partial charge in [-0.3, -0.25) is 0 Å². The van der Waals surface area contributed by atoms with Crippen LogP contribution < -0.4 is 5.73 Å². The van der Waals surface area contributed by atoms with E-state index in [2.05, 4.69) is 15.9 Å². The van der Waals surface area contributed by atoms with Gasteiger partial charge < -0.3 is 5.73 Å². The molecule has 0 aliphatic carbocycles. The molecule has 2 rings (SSSR count). The van der Waals surface area contributed by atoms with Crippen LogP contribution in [-0.2, 0) is 10.0 Å². The molecule has 1 aromatic rings. The zero-order chi connectivity index (χ0) is 14.9. The maximum absolute atomic E-state index is 12.8. The molecule has 0 bridgehead atoms. The van der Waals surface area contributed by atoms with Gasteiger partial charge in [0.15, 0.2) is 0 Å². The number of hydrogen-bond acceptors (Lipinski definition) is 3. The van der Waals surface area contributed by atoms with Crippen LogP contribution in [0.25, 0.3) is 0 Å². The lowest BCUT2D eigenvalue weighted by molar-refractivity contribution is 0.329. The van der Waals surface area contributed by atoms with Crippen LogP contribution in [0.2, 0.25) is 10.0 Å². The minimum atomic E-state index is -3.79. The molecule has 112 valence electrons. The van der Waals surface area contributed by atoms with Crippen molar-refractivity contribution in [3.05, 3.63) is 26.7 Å². The van der Waals surface area contributed by atoms with Gasteiger partial charge in [-0.25, -0.2) is 8.42 Å². The summed E-state index contributed by atoms with van der Waals surface area (Å²) in [6.45, 7) is 0.395. The zero-order valence-corrected chi connectivity index (χ0v) is 14.6. The van der Waals surface area contributed by atoms with Crippen molar-refractivity contribution in [1.82, 2.24) is 4.31 Å². The summed E-state index contributed by atoms with van der Waals surface area (Å²) in [6.07, 6.45) is 2.80. The van der Waals surface area contributed by atoms with Gasteiger partial charge in [0.2, 0.25) is 10.0 Å². The Bertz CT molecular complexity index is 586. The fraction of sp³-hybridized carbons (Fsp3) is 0.500. The summed E-state index contributed by atoms with van der Waals surface area (Å²) in [4.78, 5) is -0.0682. The molecule has 1 heterocycles. The first kappa shape index (κ1) is 16.5. The van der Waals surface area contributed by atoms with Gasteiger partial charge >= 0.3 is 0 Å². The third-order valence-corrected chi connectivity index (χ3v) is 6.58. The van der Waals surface area contributed by atoms with E-state index in [4.69, 9.17) is 28.9 Å². The Kier molecular flexibility index (Phi) is 5.37. The average Bonchev–Trinajstić information content (AvgIpc) is 2.52. The molecular formula is C12H15BrCl2N2O2S. The monoisotopic (exact) mass is 400 g/mol. The van der Waals surface area contributed by atoms with Crippen LogP contribution in [0, 0.1) is 0 Å². The van der Waals surface area contributed by atoms with Gasteiger partial charge in [0.1, 0.15) is 4.90 Å². The van der Waals surface area contributed by atoms with Crippen LogP contribution in [0.3, 0.4) is 0 Å². The van der Waals surface area contributed by atoms with Crippen molar-refractivity contribution in [3.8, 4) is 0 Å². The summed E-state index contributed by atoms with van der Waals surface area (Å²) >= 11 is 15.4. The fourth-order valence-corrected chi connectivity index (χ4v) is 5.77. The maximum Gasteiger partial charge on any atom is 0.247 e. The second kappa shape index (κ2) is 6.50. The quantitative estimate of drug-likeness (QED) is 0.823. The maximum atomic E-state index is 12.8. The normalized spacial score (nSPS) is 21.7. The third-order valence-electron chi connectivity index (χ3n) is 3.28. The van der Waals surface area contributed by atoms with Gasteiger partial charge in [-0.05, 0) is 25.0 Å². The molecule has 1 fully saturated rings. The minimum Gasteiger partial charge on any atom is -0.315 e. The Morgan fingerprint density at radius 3 is 2.40 bits per heavy atom. The van der Waals surface area contributed by atoms with E-state index in [0.29, 0.717) is 17.4 Å². The Hall–Kier alpha value is 0.150. The van der Waals surface area contributed by atoms with E-state index >= 15 is 0 Å². The van der Waals surface area contributed by atoms with E-state index in [1.807, 2.05) is 0 Å². The van der Waals surface area contributed by atoms with Gasteiger partial charge in [-0.2, -0.15) is 4.31 Å². The highest BCUT2D eigenvalue weighted by atomic mass is 79.9. The number of benzene rings is 1. The van der Waals surface area contributed by atoms with Crippen LogP contribution in [-0.4, -0.2) is 25.4 Å². The molecule has 1 atom stereocenters. The van der Waals surface area contributed by atoms with Crippen molar-refractivity contribution in [1.29, 1.82) is 0 Å². The standard InChI is InChI=1S/C12H15BrCl2N2O2S/c13-8-6-9(14)12(10(15)7-8)20(18,19)17-5-3-1-2-4-11(17)16/h6-7,11H,1-5,16H2. The Balaban J connectivity index is 2.49. The van der Waals surface area contributed by atoms with Crippen molar-refractivity contribution < 1.29 is 8.42 Å². The van der Waals surface area contributed by atoms with Crippen LogP contribution in [0.15, 0.2) is 21.5 Å². The molecule has 0 radical (unpaired) electrons. The van der Waals surface area contributed by atoms with Gasteiger partial charge in [-0.15, -0.1) is 0 Å². The van der Waals surface area contributed by atoms with Gasteiger partial charge in [0, 0.05) is 11.0 Å². The highest BCUT2D eigenvalue weighted by Gasteiger charge is 2.33. The molecule has 1 aliphatic rings. The fourth-order valence-electron chi connectivity index (χ4n) is 2.30. The van der Waals surface area contributed by atoms with Crippen molar-refractivity contribution >= 4 is 49.2 Å². The van der Waals surface area contributed by atoms with Crippen LogP contribution >= 0.6 is 39.1 Å². The lowest BCUT2D eigenvalue weighted by atomic mass is 10.2. The van der Waals surface area contributed by atoms with E-state index in [0.717, 1.165) is 19.3 Å². The largest absolute Gasteiger partial charge is 0.315 e. The summed E-state index contributed by atoms with van der Waals surface area (Å²) in [5, 5.41) is 0.196. The number of rotatable bonds is 2. The van der Waals surface area contributed by atoms with Crippen LogP contribution in [0.4, 0.5) is 0 Å². The molecule has 1 unspecified atom stereocenters. The highest BCUT2D eigenvalue weighted by molar-refractivity contribution is 9.10. The lowest BCUT2D eigenvalue weighted by Gasteiger charge is -2.26. The molecule has 0 aromatic heterocycles. The first-order valence-electron chi connectivity index (χ1n) is 6.26. The minimum absolute atomic E-state index is 0.0682. The van der Waals surface area contributed by atoms with E-state index < -0.39 is 16.2 Å².